The molecule has 1 atom stereocenters. The van der Waals surface area contributed by atoms with Gasteiger partial charge < -0.3 is 4.57 Å². The lowest BCUT2D eigenvalue weighted by molar-refractivity contribution is 0.593. The van der Waals surface area contributed by atoms with Crippen molar-refractivity contribution in [3.05, 3.63) is 129 Å². The van der Waals surface area contributed by atoms with Gasteiger partial charge in [-0.15, -0.1) is 0 Å². The SMILES string of the molecule is O=P1(c2ccc(Br)cc2)C(c2ccccc2)=C(c2ccccc2)c2ccc(Br)cc21. The van der Waals surface area contributed by atoms with Crippen LogP contribution in [0.1, 0.15) is 16.7 Å². The quantitative estimate of drug-likeness (QED) is 0.249. The summed E-state index contributed by atoms with van der Waals surface area (Å²) in [5.74, 6) is 0. The molecule has 4 heteroatoms. The third-order valence-electron chi connectivity index (χ3n) is 5.42. The summed E-state index contributed by atoms with van der Waals surface area (Å²) in [4.78, 5) is 0. The third-order valence-corrected chi connectivity index (χ3v) is 9.63. The van der Waals surface area contributed by atoms with E-state index in [1.807, 2.05) is 72.8 Å². The van der Waals surface area contributed by atoms with Gasteiger partial charge in [-0.25, -0.2) is 0 Å². The Bertz CT molecular complexity index is 1310. The first-order valence-electron chi connectivity index (χ1n) is 9.61. The monoisotopic (exact) mass is 534 g/mol. The summed E-state index contributed by atoms with van der Waals surface area (Å²) in [5, 5.41) is 2.64. The minimum Gasteiger partial charge on any atom is -0.309 e. The Hall–Kier alpha value is -2.19. The minimum absolute atomic E-state index is 0.842. The first-order valence-corrected chi connectivity index (χ1v) is 12.9. The van der Waals surface area contributed by atoms with Crippen molar-refractivity contribution < 1.29 is 4.57 Å². The van der Waals surface area contributed by atoms with Crippen molar-refractivity contribution in [2.75, 3.05) is 0 Å². The summed E-state index contributed by atoms with van der Waals surface area (Å²) >= 11 is 7.12. The Morgan fingerprint density at radius 1 is 0.600 bits per heavy atom. The number of fused-ring (bicyclic) bond motifs is 1. The van der Waals surface area contributed by atoms with Crippen LogP contribution < -0.4 is 10.6 Å². The number of rotatable bonds is 3. The smallest absolute Gasteiger partial charge is 0.172 e. The molecule has 146 valence electrons. The Morgan fingerprint density at radius 3 is 1.80 bits per heavy atom. The molecule has 30 heavy (non-hydrogen) atoms. The zero-order valence-corrected chi connectivity index (χ0v) is 20.0. The largest absolute Gasteiger partial charge is 0.309 e. The summed E-state index contributed by atoms with van der Waals surface area (Å²) in [6, 6.07) is 34.4. The third kappa shape index (κ3) is 3.17. The minimum atomic E-state index is -3.08. The van der Waals surface area contributed by atoms with E-state index in [1.54, 1.807) is 0 Å². The zero-order valence-electron chi connectivity index (χ0n) is 15.9. The van der Waals surface area contributed by atoms with Gasteiger partial charge in [-0.1, -0.05) is 98.6 Å². The van der Waals surface area contributed by atoms with Crippen molar-refractivity contribution in [1.29, 1.82) is 0 Å². The van der Waals surface area contributed by atoms with Gasteiger partial charge in [-0.2, -0.15) is 0 Å². The molecule has 1 nitrogen and oxygen atoms in total. The van der Waals surface area contributed by atoms with E-state index in [2.05, 4.69) is 62.2 Å². The molecule has 0 bridgehead atoms. The van der Waals surface area contributed by atoms with Crippen LogP contribution in [0.25, 0.3) is 10.9 Å². The second-order valence-corrected chi connectivity index (χ2v) is 11.7. The molecule has 0 radical (unpaired) electrons. The fraction of sp³-hybridized carbons (Fsp3) is 0. The maximum absolute atomic E-state index is 15.1. The highest BCUT2D eigenvalue weighted by atomic mass is 79.9. The lowest BCUT2D eigenvalue weighted by atomic mass is 9.96. The molecule has 5 rings (SSSR count). The summed E-state index contributed by atoms with van der Waals surface area (Å²) in [7, 11) is -3.08. The second-order valence-electron chi connectivity index (χ2n) is 7.20. The Labute approximate surface area is 193 Å². The standard InChI is InChI=1S/C26H17Br2OP/c27-20-11-14-22(15-12-20)30(29)24-17-21(28)13-16-23(24)25(18-7-3-1-4-8-18)26(30)19-9-5-2-6-10-19/h1-17H. The summed E-state index contributed by atoms with van der Waals surface area (Å²) in [6.07, 6.45) is 0. The number of halogens is 2. The van der Waals surface area contributed by atoms with E-state index in [1.165, 1.54) is 0 Å². The van der Waals surface area contributed by atoms with E-state index < -0.39 is 7.14 Å². The van der Waals surface area contributed by atoms with Gasteiger partial charge in [-0.3, -0.25) is 0 Å². The average Bonchev–Trinajstić information content (AvgIpc) is 3.04. The second kappa shape index (κ2) is 7.81. The molecule has 4 aromatic carbocycles. The van der Waals surface area contributed by atoms with Crippen molar-refractivity contribution in [3.63, 3.8) is 0 Å². The van der Waals surface area contributed by atoms with Gasteiger partial charge in [0.15, 0.2) is 7.14 Å². The molecule has 1 heterocycles. The lowest BCUT2D eigenvalue weighted by Crippen LogP contribution is -2.15. The number of hydrogen-bond acceptors (Lipinski definition) is 1. The topological polar surface area (TPSA) is 17.1 Å². The van der Waals surface area contributed by atoms with Crippen LogP contribution >= 0.6 is 39.0 Å². The molecular weight excluding hydrogens is 519 g/mol. The summed E-state index contributed by atoms with van der Waals surface area (Å²) in [5.41, 5.74) is 4.16. The highest BCUT2D eigenvalue weighted by Gasteiger charge is 2.43. The summed E-state index contributed by atoms with van der Waals surface area (Å²) in [6.45, 7) is 0. The molecule has 4 aromatic rings. The van der Waals surface area contributed by atoms with Gasteiger partial charge in [-0.05, 0) is 53.1 Å². The molecule has 0 saturated heterocycles. The van der Waals surface area contributed by atoms with Gasteiger partial charge in [0.05, 0.1) is 0 Å². The van der Waals surface area contributed by atoms with Crippen LogP contribution in [0.5, 0.6) is 0 Å². The molecule has 0 aliphatic carbocycles. The van der Waals surface area contributed by atoms with E-state index in [0.717, 1.165) is 47.1 Å². The molecule has 1 aliphatic rings. The van der Waals surface area contributed by atoms with Crippen LogP contribution in [0.3, 0.4) is 0 Å². The van der Waals surface area contributed by atoms with Crippen molar-refractivity contribution in [1.82, 2.24) is 0 Å². The fourth-order valence-electron chi connectivity index (χ4n) is 4.12. The van der Waals surface area contributed by atoms with Crippen molar-refractivity contribution in [2.45, 2.75) is 0 Å². The van der Waals surface area contributed by atoms with Crippen LogP contribution in [0.15, 0.2) is 112 Å². The van der Waals surface area contributed by atoms with E-state index in [4.69, 9.17) is 0 Å². The molecule has 1 aliphatic heterocycles. The molecule has 0 spiro atoms. The average molecular weight is 536 g/mol. The Balaban J connectivity index is 1.93. The lowest BCUT2D eigenvalue weighted by Gasteiger charge is -2.20. The number of benzene rings is 4. The van der Waals surface area contributed by atoms with Crippen LogP contribution in [-0.4, -0.2) is 0 Å². The molecule has 0 amide bonds. The van der Waals surface area contributed by atoms with E-state index in [-0.39, 0.29) is 0 Å². The molecule has 1 unspecified atom stereocenters. The van der Waals surface area contributed by atoms with Crippen LogP contribution in [0.4, 0.5) is 0 Å². The maximum atomic E-state index is 15.1. The van der Waals surface area contributed by atoms with E-state index in [0.29, 0.717) is 0 Å². The molecule has 0 N–H and O–H groups in total. The van der Waals surface area contributed by atoms with Crippen LogP contribution in [-0.2, 0) is 4.57 Å². The van der Waals surface area contributed by atoms with Crippen molar-refractivity contribution >= 4 is 60.5 Å². The summed E-state index contributed by atoms with van der Waals surface area (Å²) < 4.78 is 17.0. The Kier molecular flexibility index (Phi) is 5.14. The molecule has 0 saturated carbocycles. The predicted octanol–water partition coefficient (Wildman–Crippen LogP) is 7.46. The zero-order chi connectivity index (χ0) is 20.7. The van der Waals surface area contributed by atoms with E-state index in [9.17, 15) is 0 Å². The van der Waals surface area contributed by atoms with Crippen LogP contribution in [0.2, 0.25) is 0 Å². The molecule has 0 fully saturated rings. The first-order chi connectivity index (χ1) is 14.6. The maximum Gasteiger partial charge on any atom is 0.172 e. The highest BCUT2D eigenvalue weighted by molar-refractivity contribution is 9.10. The number of hydrogen-bond donors (Lipinski definition) is 0. The Morgan fingerprint density at radius 2 is 1.17 bits per heavy atom. The van der Waals surface area contributed by atoms with Crippen molar-refractivity contribution in [2.24, 2.45) is 0 Å². The van der Waals surface area contributed by atoms with Gasteiger partial charge in [0.25, 0.3) is 0 Å². The predicted molar refractivity (Wildman–Crippen MR) is 134 cm³/mol. The van der Waals surface area contributed by atoms with E-state index >= 15 is 4.57 Å². The molecule has 0 aromatic heterocycles. The van der Waals surface area contributed by atoms with Gasteiger partial charge >= 0.3 is 0 Å². The normalized spacial score (nSPS) is 17.8. The van der Waals surface area contributed by atoms with Gasteiger partial charge in [0.1, 0.15) is 0 Å². The van der Waals surface area contributed by atoms with Gasteiger partial charge in [0, 0.05) is 30.4 Å². The molecular formula is C26H17Br2OP. The van der Waals surface area contributed by atoms with Crippen LogP contribution in [0, 0.1) is 0 Å². The van der Waals surface area contributed by atoms with Gasteiger partial charge in [0.2, 0.25) is 0 Å². The fourth-order valence-corrected chi connectivity index (χ4v) is 8.19. The highest BCUT2D eigenvalue weighted by Crippen LogP contribution is 2.65. The first kappa shape index (κ1) is 19.8. The van der Waals surface area contributed by atoms with Crippen molar-refractivity contribution in [3.8, 4) is 0 Å².